The van der Waals surface area contributed by atoms with Crippen molar-refractivity contribution >= 4 is 19.5 Å². The Hall–Kier alpha value is -1.06. The molecule has 0 spiro atoms. The molecule has 1 N–H and O–H groups in total. The zero-order valence-corrected chi connectivity index (χ0v) is 4.00. The van der Waals surface area contributed by atoms with Crippen molar-refractivity contribution in [1.29, 1.82) is 0 Å². The third-order valence-electron chi connectivity index (χ3n) is 0.390. The number of rotatable bonds is 2. The molecular formula is C4H3BO3. The van der Waals surface area contributed by atoms with Crippen molar-refractivity contribution in [3.05, 3.63) is 12.2 Å². The van der Waals surface area contributed by atoms with Gasteiger partial charge in [-0.25, -0.2) is 4.79 Å². The van der Waals surface area contributed by atoms with Crippen LogP contribution in [0.2, 0.25) is 0 Å². The smallest absolute Gasteiger partial charge is 0.328 e. The van der Waals surface area contributed by atoms with Gasteiger partial charge in [0.1, 0.15) is 0 Å². The van der Waals surface area contributed by atoms with Crippen molar-refractivity contribution in [2.45, 2.75) is 0 Å². The third-order valence-corrected chi connectivity index (χ3v) is 0.390. The minimum Gasteiger partial charge on any atom is -0.478 e. The Morgan fingerprint density at radius 2 is 1.88 bits per heavy atom. The summed E-state index contributed by atoms with van der Waals surface area (Å²) in [6.07, 6.45) is 1.46. The highest BCUT2D eigenvalue weighted by Crippen LogP contribution is 1.70. The van der Waals surface area contributed by atoms with E-state index < -0.39 is 11.7 Å². The van der Waals surface area contributed by atoms with E-state index in [4.69, 9.17) is 5.11 Å². The average molecular weight is 110 g/mol. The van der Waals surface area contributed by atoms with Crippen LogP contribution in [0.3, 0.4) is 0 Å². The van der Waals surface area contributed by atoms with Gasteiger partial charge in [-0.15, -0.1) is 0 Å². The van der Waals surface area contributed by atoms with Crippen LogP contribution in [-0.2, 0) is 9.59 Å². The van der Waals surface area contributed by atoms with Crippen molar-refractivity contribution < 1.29 is 14.7 Å². The molecule has 0 saturated carbocycles. The second-order valence-corrected chi connectivity index (χ2v) is 1.07. The quantitative estimate of drug-likeness (QED) is 0.378. The van der Waals surface area contributed by atoms with E-state index in [2.05, 4.69) is 7.85 Å². The maximum absolute atomic E-state index is 9.78. The zero-order valence-electron chi connectivity index (χ0n) is 4.00. The number of carboxylic acids is 1. The van der Waals surface area contributed by atoms with Gasteiger partial charge in [0.05, 0.1) is 5.68 Å². The van der Waals surface area contributed by atoms with E-state index in [9.17, 15) is 9.59 Å². The summed E-state index contributed by atoms with van der Waals surface area (Å²) >= 11 is 0. The number of hydrogen-bond donors (Lipinski definition) is 1. The van der Waals surface area contributed by atoms with Gasteiger partial charge in [-0.3, -0.25) is 0 Å². The molecule has 4 heteroatoms. The number of carbonyl (C=O) groups excluding carboxylic acids is 1. The lowest BCUT2D eigenvalue weighted by Crippen LogP contribution is -1.92. The van der Waals surface area contributed by atoms with Crippen molar-refractivity contribution in [3.8, 4) is 0 Å². The molecule has 0 aliphatic heterocycles. The fourth-order valence-corrected chi connectivity index (χ4v) is 0.153. The second kappa shape index (κ2) is 3.01. The number of carbonyl (C=O) groups is 2. The van der Waals surface area contributed by atoms with E-state index in [1.165, 1.54) is 0 Å². The van der Waals surface area contributed by atoms with Gasteiger partial charge in [0, 0.05) is 6.08 Å². The average Bonchev–Trinajstić information content (AvgIpc) is 1.61. The highest BCUT2D eigenvalue weighted by atomic mass is 16.4. The first-order valence-corrected chi connectivity index (χ1v) is 1.83. The largest absolute Gasteiger partial charge is 0.478 e. The summed E-state index contributed by atoms with van der Waals surface area (Å²) in [6, 6.07) is 0. The Bertz CT molecular complexity index is 122. The minimum atomic E-state index is -1.18. The number of allylic oxidation sites excluding steroid dienone is 1. The summed E-state index contributed by atoms with van der Waals surface area (Å²) in [5.74, 6) is -1.18. The molecule has 0 aromatic carbocycles. The fraction of sp³-hybridized carbons (Fsp3) is 0. The van der Waals surface area contributed by atoms with Gasteiger partial charge in [0.25, 0.3) is 0 Å². The van der Waals surface area contributed by atoms with Crippen LogP contribution in [0.1, 0.15) is 0 Å². The molecule has 0 aromatic heterocycles. The lowest BCUT2D eigenvalue weighted by molar-refractivity contribution is -0.131. The van der Waals surface area contributed by atoms with Crippen LogP contribution in [0.25, 0.3) is 0 Å². The van der Waals surface area contributed by atoms with Crippen LogP contribution in [0.5, 0.6) is 0 Å². The molecule has 0 aliphatic rings. The van der Waals surface area contributed by atoms with Crippen LogP contribution < -0.4 is 0 Å². The molecule has 0 rings (SSSR count). The first kappa shape index (κ1) is 6.94. The summed E-state index contributed by atoms with van der Waals surface area (Å²) in [7, 11) is 4.55. The lowest BCUT2D eigenvalue weighted by atomic mass is 10.0. The molecule has 40 valence electrons. The molecule has 0 bridgehead atoms. The molecule has 0 heterocycles. The summed E-state index contributed by atoms with van der Waals surface area (Å²) in [5, 5.41) is 7.87. The van der Waals surface area contributed by atoms with Gasteiger partial charge < -0.3 is 9.90 Å². The SMILES string of the molecule is [B]C(=O)/C=C\C(=O)O. The molecule has 3 nitrogen and oxygen atoms in total. The monoisotopic (exact) mass is 110 g/mol. The molecule has 0 amide bonds. The van der Waals surface area contributed by atoms with Gasteiger partial charge in [-0.2, -0.15) is 0 Å². The highest BCUT2D eigenvalue weighted by molar-refractivity contribution is 6.61. The van der Waals surface area contributed by atoms with E-state index >= 15 is 0 Å². The molecule has 2 radical (unpaired) electrons. The Morgan fingerprint density at radius 3 is 2.00 bits per heavy atom. The second-order valence-electron chi connectivity index (χ2n) is 1.07. The zero-order chi connectivity index (χ0) is 6.57. The third kappa shape index (κ3) is 4.94. The number of hydrogen-bond acceptors (Lipinski definition) is 2. The van der Waals surface area contributed by atoms with Gasteiger partial charge >= 0.3 is 5.97 Å². The number of carboxylic acid groups (broad SMARTS) is 1. The fourth-order valence-electron chi connectivity index (χ4n) is 0.153. The topological polar surface area (TPSA) is 54.4 Å². The van der Waals surface area contributed by atoms with Crippen molar-refractivity contribution in [2.75, 3.05) is 0 Å². The van der Waals surface area contributed by atoms with Crippen molar-refractivity contribution in [2.24, 2.45) is 0 Å². The first-order chi connectivity index (χ1) is 3.63. The maximum atomic E-state index is 9.78. The van der Waals surface area contributed by atoms with E-state index in [1.807, 2.05) is 0 Å². The predicted octanol–water partition coefficient (Wildman–Crippen LogP) is -0.678. The summed E-state index contributed by atoms with van der Waals surface area (Å²) in [5.41, 5.74) is -0.757. The van der Waals surface area contributed by atoms with E-state index in [1.54, 1.807) is 0 Å². The summed E-state index contributed by atoms with van der Waals surface area (Å²) < 4.78 is 0. The van der Waals surface area contributed by atoms with E-state index in [-0.39, 0.29) is 0 Å². The molecular weight excluding hydrogens is 107 g/mol. The maximum Gasteiger partial charge on any atom is 0.328 e. The van der Waals surface area contributed by atoms with Crippen LogP contribution in [0, 0.1) is 0 Å². The molecule has 0 atom stereocenters. The highest BCUT2D eigenvalue weighted by Gasteiger charge is 1.85. The molecule has 0 saturated heterocycles. The molecule has 0 fully saturated rings. The molecule has 0 aromatic rings. The van der Waals surface area contributed by atoms with Crippen LogP contribution in [-0.4, -0.2) is 24.6 Å². The Balaban J connectivity index is 3.67. The van der Waals surface area contributed by atoms with E-state index in [0.717, 1.165) is 6.08 Å². The molecule has 0 unspecified atom stereocenters. The standard InChI is InChI=1S/C4H3BO3/c5-3(6)1-2-4(7)8/h1-2H,(H,7,8)/b2-1-. The van der Waals surface area contributed by atoms with Gasteiger partial charge in [0.15, 0.2) is 7.85 Å². The Morgan fingerprint density at radius 1 is 1.38 bits per heavy atom. The van der Waals surface area contributed by atoms with Crippen molar-refractivity contribution in [3.63, 3.8) is 0 Å². The summed E-state index contributed by atoms with van der Waals surface area (Å²) in [4.78, 5) is 19.4. The Labute approximate surface area is 47.4 Å². The number of aliphatic carboxylic acids is 1. The molecule has 0 aliphatic carbocycles. The van der Waals surface area contributed by atoms with Gasteiger partial charge in [0.2, 0.25) is 0 Å². The molecule has 8 heavy (non-hydrogen) atoms. The van der Waals surface area contributed by atoms with E-state index in [0.29, 0.717) is 6.08 Å². The van der Waals surface area contributed by atoms with Crippen LogP contribution >= 0.6 is 0 Å². The van der Waals surface area contributed by atoms with Gasteiger partial charge in [-0.1, -0.05) is 0 Å². The van der Waals surface area contributed by atoms with Crippen molar-refractivity contribution in [1.82, 2.24) is 0 Å². The van der Waals surface area contributed by atoms with Gasteiger partial charge in [-0.05, 0) is 6.08 Å². The normalized spacial score (nSPS) is 9.50. The van der Waals surface area contributed by atoms with Crippen LogP contribution in [0.15, 0.2) is 12.2 Å². The first-order valence-electron chi connectivity index (χ1n) is 1.83. The summed E-state index contributed by atoms with van der Waals surface area (Å²) in [6.45, 7) is 0. The Kier molecular flexibility index (Phi) is 2.62. The lowest BCUT2D eigenvalue weighted by Gasteiger charge is -1.74. The minimum absolute atomic E-state index is 0.683. The van der Waals surface area contributed by atoms with Crippen LogP contribution in [0.4, 0.5) is 0 Å². The predicted molar refractivity (Wildman–Crippen MR) is 27.5 cm³/mol.